The van der Waals surface area contributed by atoms with Crippen molar-refractivity contribution in [3.8, 4) is 11.3 Å². The van der Waals surface area contributed by atoms with Gasteiger partial charge >= 0.3 is 6.09 Å². The second-order valence-corrected chi connectivity index (χ2v) is 8.46. The molecule has 2 unspecified atom stereocenters. The molecule has 2 aliphatic rings. The van der Waals surface area contributed by atoms with E-state index in [-0.39, 0.29) is 12.1 Å². The number of nitrogens with zero attached hydrogens (tertiary/aromatic N) is 1. The smallest absolute Gasteiger partial charge is 0.410 e. The van der Waals surface area contributed by atoms with Gasteiger partial charge in [-0.15, -0.1) is 0 Å². The van der Waals surface area contributed by atoms with Gasteiger partial charge in [0.2, 0.25) is 0 Å². The second kappa shape index (κ2) is 7.31. The highest BCUT2D eigenvalue weighted by Crippen LogP contribution is 2.50. The normalized spacial score (nSPS) is 19.4. The third kappa shape index (κ3) is 3.19. The molecule has 1 amide bonds. The number of likely N-dealkylation sites (tertiary alicyclic amines) is 1. The Labute approximate surface area is 181 Å². The molecule has 0 spiro atoms. The first-order valence-corrected chi connectivity index (χ1v) is 10.9. The van der Waals surface area contributed by atoms with E-state index in [1.807, 2.05) is 53.4 Å². The van der Waals surface area contributed by atoms with Crippen LogP contribution in [-0.2, 0) is 11.3 Å². The average Bonchev–Trinajstić information content (AvgIpc) is 3.38. The first kappa shape index (κ1) is 18.3. The molecule has 2 bridgehead atoms. The number of carbonyl (C=O) groups is 1. The van der Waals surface area contributed by atoms with Crippen LogP contribution in [0.2, 0.25) is 0 Å². The Bertz CT molecular complexity index is 1230. The number of para-hydroxylation sites is 1. The predicted octanol–water partition coefficient (Wildman–Crippen LogP) is 6.67. The van der Waals surface area contributed by atoms with Crippen LogP contribution in [0.15, 0.2) is 83.3 Å². The summed E-state index contributed by atoms with van der Waals surface area (Å²) in [5, 5.41) is 1.10. The van der Waals surface area contributed by atoms with Gasteiger partial charge in [-0.3, -0.25) is 0 Å². The number of amides is 1. The van der Waals surface area contributed by atoms with Gasteiger partial charge in [0, 0.05) is 17.5 Å². The van der Waals surface area contributed by atoms with Crippen molar-refractivity contribution in [2.75, 3.05) is 6.54 Å². The minimum Gasteiger partial charge on any atom is -0.456 e. The fourth-order valence-electron chi connectivity index (χ4n) is 5.08. The standard InChI is InChI=1S/C27H23NO3/c29-27(30-17-18-6-2-1-3-7-18)28-13-12-19-15-24(28)23-14-21(10-11-22(19)23)26-16-20-8-4-5-9-25(20)31-26/h1-11,14,16,19,24H,12-13,15,17H2. The van der Waals surface area contributed by atoms with Crippen LogP contribution in [0.25, 0.3) is 22.3 Å². The van der Waals surface area contributed by atoms with Crippen molar-refractivity contribution < 1.29 is 13.9 Å². The molecule has 31 heavy (non-hydrogen) atoms. The van der Waals surface area contributed by atoms with Crippen LogP contribution in [0.4, 0.5) is 4.79 Å². The number of furan rings is 1. The van der Waals surface area contributed by atoms with E-state index in [9.17, 15) is 4.79 Å². The van der Waals surface area contributed by atoms with Gasteiger partial charge in [-0.05, 0) is 53.6 Å². The fraction of sp³-hybridized carbons (Fsp3) is 0.222. The Balaban J connectivity index is 1.27. The predicted molar refractivity (Wildman–Crippen MR) is 120 cm³/mol. The molecule has 1 aromatic heterocycles. The summed E-state index contributed by atoms with van der Waals surface area (Å²) < 4.78 is 11.7. The fourth-order valence-corrected chi connectivity index (χ4v) is 5.08. The first-order chi connectivity index (χ1) is 15.3. The molecular formula is C27H23NO3. The van der Waals surface area contributed by atoms with E-state index in [2.05, 4.69) is 30.3 Å². The summed E-state index contributed by atoms with van der Waals surface area (Å²) >= 11 is 0. The summed E-state index contributed by atoms with van der Waals surface area (Å²) in [5.74, 6) is 1.38. The molecule has 1 fully saturated rings. The lowest BCUT2D eigenvalue weighted by Crippen LogP contribution is -2.37. The number of carbonyl (C=O) groups excluding carboxylic acids is 1. The highest BCUT2D eigenvalue weighted by Gasteiger charge is 2.41. The topological polar surface area (TPSA) is 42.7 Å². The van der Waals surface area contributed by atoms with Crippen LogP contribution in [0, 0.1) is 0 Å². The Morgan fingerprint density at radius 1 is 0.968 bits per heavy atom. The molecule has 0 saturated carbocycles. The van der Waals surface area contributed by atoms with E-state index in [0.717, 1.165) is 47.2 Å². The molecule has 154 valence electrons. The maximum absolute atomic E-state index is 12.9. The Kier molecular flexibility index (Phi) is 4.30. The van der Waals surface area contributed by atoms with Crippen molar-refractivity contribution in [1.82, 2.24) is 4.90 Å². The molecule has 0 radical (unpaired) electrons. The quantitative estimate of drug-likeness (QED) is 0.379. The number of piperidine rings is 1. The number of fused-ring (bicyclic) bond motifs is 6. The molecule has 4 heteroatoms. The van der Waals surface area contributed by atoms with Gasteiger partial charge < -0.3 is 14.1 Å². The molecule has 1 saturated heterocycles. The van der Waals surface area contributed by atoms with Crippen molar-refractivity contribution in [3.05, 3.63) is 95.6 Å². The molecule has 2 atom stereocenters. The Morgan fingerprint density at radius 3 is 2.68 bits per heavy atom. The van der Waals surface area contributed by atoms with Gasteiger partial charge in [-0.1, -0.05) is 60.7 Å². The monoisotopic (exact) mass is 409 g/mol. The first-order valence-electron chi connectivity index (χ1n) is 10.9. The van der Waals surface area contributed by atoms with E-state index in [0.29, 0.717) is 12.5 Å². The maximum atomic E-state index is 12.9. The van der Waals surface area contributed by atoms with E-state index in [1.165, 1.54) is 11.1 Å². The number of hydrogen-bond acceptors (Lipinski definition) is 3. The van der Waals surface area contributed by atoms with E-state index in [1.54, 1.807) is 0 Å². The zero-order valence-electron chi connectivity index (χ0n) is 17.2. The van der Waals surface area contributed by atoms with Gasteiger partial charge in [-0.25, -0.2) is 4.79 Å². The lowest BCUT2D eigenvalue weighted by molar-refractivity contribution is 0.0694. The highest BCUT2D eigenvalue weighted by atomic mass is 16.6. The summed E-state index contributed by atoms with van der Waals surface area (Å²) in [6, 6.07) is 26.6. The summed E-state index contributed by atoms with van der Waals surface area (Å²) in [7, 11) is 0. The zero-order valence-corrected chi connectivity index (χ0v) is 17.2. The van der Waals surface area contributed by atoms with Crippen LogP contribution in [0.1, 0.15) is 41.5 Å². The van der Waals surface area contributed by atoms with Gasteiger partial charge in [-0.2, -0.15) is 0 Å². The molecule has 1 aliphatic carbocycles. The average molecular weight is 409 g/mol. The van der Waals surface area contributed by atoms with Crippen molar-refractivity contribution >= 4 is 17.1 Å². The minimum atomic E-state index is -0.228. The van der Waals surface area contributed by atoms with Crippen LogP contribution in [0.5, 0.6) is 0 Å². The molecule has 2 heterocycles. The molecule has 0 N–H and O–H groups in total. The third-order valence-corrected chi connectivity index (χ3v) is 6.64. The number of ether oxygens (including phenoxy) is 1. The van der Waals surface area contributed by atoms with Crippen LogP contribution in [0.3, 0.4) is 0 Å². The largest absolute Gasteiger partial charge is 0.456 e. The van der Waals surface area contributed by atoms with Crippen LogP contribution in [-0.4, -0.2) is 17.5 Å². The summed E-state index contributed by atoms with van der Waals surface area (Å²) in [6.45, 7) is 1.04. The molecule has 4 nitrogen and oxygen atoms in total. The third-order valence-electron chi connectivity index (χ3n) is 6.64. The Morgan fingerprint density at radius 2 is 1.81 bits per heavy atom. The lowest BCUT2D eigenvalue weighted by atomic mass is 9.95. The van der Waals surface area contributed by atoms with Gasteiger partial charge in [0.05, 0.1) is 6.04 Å². The molecule has 1 aliphatic heterocycles. The van der Waals surface area contributed by atoms with E-state index in [4.69, 9.17) is 9.15 Å². The van der Waals surface area contributed by atoms with Crippen molar-refractivity contribution in [2.24, 2.45) is 0 Å². The highest BCUT2D eigenvalue weighted by molar-refractivity contribution is 5.83. The second-order valence-electron chi connectivity index (χ2n) is 8.46. The molecule has 3 aromatic carbocycles. The molecular weight excluding hydrogens is 386 g/mol. The van der Waals surface area contributed by atoms with Gasteiger partial charge in [0.25, 0.3) is 0 Å². The van der Waals surface area contributed by atoms with Gasteiger partial charge in [0.1, 0.15) is 18.0 Å². The number of rotatable bonds is 3. The summed E-state index contributed by atoms with van der Waals surface area (Å²) in [5.41, 5.74) is 5.55. The summed E-state index contributed by atoms with van der Waals surface area (Å²) in [6.07, 6.45) is 1.72. The number of benzene rings is 3. The van der Waals surface area contributed by atoms with Crippen molar-refractivity contribution in [2.45, 2.75) is 31.4 Å². The minimum absolute atomic E-state index is 0.0707. The van der Waals surface area contributed by atoms with Gasteiger partial charge in [0.15, 0.2) is 0 Å². The lowest BCUT2D eigenvalue weighted by Gasteiger charge is -2.33. The van der Waals surface area contributed by atoms with Crippen molar-refractivity contribution in [1.29, 1.82) is 0 Å². The SMILES string of the molecule is O=C(OCc1ccccc1)N1CCC2CC1c1cc(-c3cc4ccccc4o3)ccc12. The Hall–Kier alpha value is -3.53. The molecule has 6 rings (SSSR count). The zero-order chi connectivity index (χ0) is 20.8. The molecule has 4 aromatic rings. The van der Waals surface area contributed by atoms with E-state index >= 15 is 0 Å². The number of hydrogen-bond donors (Lipinski definition) is 0. The van der Waals surface area contributed by atoms with E-state index < -0.39 is 0 Å². The van der Waals surface area contributed by atoms with Crippen LogP contribution < -0.4 is 0 Å². The summed E-state index contributed by atoms with van der Waals surface area (Å²) in [4.78, 5) is 14.8. The van der Waals surface area contributed by atoms with Crippen LogP contribution >= 0.6 is 0 Å². The van der Waals surface area contributed by atoms with Crippen molar-refractivity contribution in [3.63, 3.8) is 0 Å². The maximum Gasteiger partial charge on any atom is 0.410 e.